The largest absolute Gasteiger partial charge is 0.315 e. The van der Waals surface area contributed by atoms with E-state index in [0.29, 0.717) is 6.04 Å². The van der Waals surface area contributed by atoms with E-state index in [1.165, 1.54) is 12.8 Å². The van der Waals surface area contributed by atoms with Crippen molar-refractivity contribution in [1.82, 2.24) is 15.1 Å². The van der Waals surface area contributed by atoms with Crippen molar-refractivity contribution in [3.05, 3.63) is 16.9 Å². The molecule has 0 unspecified atom stereocenters. The maximum absolute atomic E-state index is 4.27. The van der Waals surface area contributed by atoms with Crippen LogP contribution in [0.15, 0.2) is 16.9 Å². The summed E-state index contributed by atoms with van der Waals surface area (Å²) in [5, 5.41) is 7.64. The molecule has 5 heteroatoms. The van der Waals surface area contributed by atoms with E-state index in [4.69, 9.17) is 0 Å². The third kappa shape index (κ3) is 2.69. The predicted molar refractivity (Wildman–Crippen MR) is 58.3 cm³/mol. The van der Waals surface area contributed by atoms with Crippen LogP contribution in [0.2, 0.25) is 0 Å². The Kier molecular flexibility index (Phi) is 4.22. The molecule has 1 saturated heterocycles. The van der Waals surface area contributed by atoms with Gasteiger partial charge in [-0.2, -0.15) is 5.10 Å². The lowest BCUT2D eigenvalue weighted by atomic mass is 10.1. The molecule has 0 aromatic carbocycles. The Morgan fingerprint density at radius 2 is 2.46 bits per heavy atom. The molecule has 1 N–H and O–H groups in total. The monoisotopic (exact) mass is 265 g/mol. The lowest BCUT2D eigenvalue weighted by Gasteiger charge is -2.22. The smallest absolute Gasteiger partial charge is 0.0644 e. The van der Waals surface area contributed by atoms with Crippen LogP contribution >= 0.6 is 28.3 Å². The highest BCUT2D eigenvalue weighted by atomic mass is 79.9. The van der Waals surface area contributed by atoms with Crippen LogP contribution in [-0.2, 0) is 0 Å². The molecule has 0 saturated carbocycles. The minimum atomic E-state index is 0. The zero-order chi connectivity index (χ0) is 8.39. The topological polar surface area (TPSA) is 29.9 Å². The molecule has 0 amide bonds. The molecular formula is C8H13BrClN3. The van der Waals surface area contributed by atoms with Crippen LogP contribution < -0.4 is 5.32 Å². The lowest BCUT2D eigenvalue weighted by molar-refractivity contribution is 0.346. The number of piperidine rings is 1. The van der Waals surface area contributed by atoms with Gasteiger partial charge in [0.1, 0.15) is 0 Å². The number of nitrogens with zero attached hydrogens (tertiary/aromatic N) is 2. The summed E-state index contributed by atoms with van der Waals surface area (Å²) in [5.74, 6) is 0. The third-order valence-corrected chi connectivity index (χ3v) is 2.62. The molecule has 74 valence electrons. The Bertz CT molecular complexity index is 258. The third-order valence-electron chi connectivity index (χ3n) is 2.21. The molecule has 1 aliphatic heterocycles. The second-order valence-electron chi connectivity index (χ2n) is 3.14. The molecule has 13 heavy (non-hydrogen) atoms. The Balaban J connectivity index is 0.000000845. The van der Waals surface area contributed by atoms with Gasteiger partial charge in [0.05, 0.1) is 16.7 Å². The van der Waals surface area contributed by atoms with E-state index in [1.54, 1.807) is 0 Å². The molecule has 2 heterocycles. The van der Waals surface area contributed by atoms with Crippen LogP contribution in [-0.4, -0.2) is 22.9 Å². The van der Waals surface area contributed by atoms with Crippen molar-refractivity contribution >= 4 is 28.3 Å². The Labute approximate surface area is 92.4 Å². The van der Waals surface area contributed by atoms with Crippen molar-refractivity contribution in [2.24, 2.45) is 0 Å². The van der Waals surface area contributed by atoms with Gasteiger partial charge >= 0.3 is 0 Å². The van der Waals surface area contributed by atoms with Crippen molar-refractivity contribution in [3.8, 4) is 0 Å². The first-order valence-corrected chi connectivity index (χ1v) is 5.06. The first kappa shape index (κ1) is 11.0. The zero-order valence-electron chi connectivity index (χ0n) is 7.24. The minimum Gasteiger partial charge on any atom is -0.315 e. The summed E-state index contributed by atoms with van der Waals surface area (Å²) in [6.45, 7) is 2.20. The summed E-state index contributed by atoms with van der Waals surface area (Å²) in [4.78, 5) is 0. The van der Waals surface area contributed by atoms with Crippen LogP contribution in [0, 0.1) is 0 Å². The van der Waals surface area contributed by atoms with Crippen LogP contribution in [0.25, 0.3) is 0 Å². The highest BCUT2D eigenvalue weighted by Gasteiger charge is 2.14. The van der Waals surface area contributed by atoms with Gasteiger partial charge in [-0.1, -0.05) is 0 Å². The zero-order valence-corrected chi connectivity index (χ0v) is 9.64. The van der Waals surface area contributed by atoms with Gasteiger partial charge in [0, 0.05) is 12.7 Å². The molecule has 3 nitrogen and oxygen atoms in total. The number of hydrogen-bond acceptors (Lipinski definition) is 2. The highest BCUT2D eigenvalue weighted by Crippen LogP contribution is 2.17. The number of nitrogens with one attached hydrogen (secondary N) is 1. The average Bonchev–Trinajstić information content (AvgIpc) is 2.54. The van der Waals surface area contributed by atoms with Gasteiger partial charge in [-0.3, -0.25) is 4.68 Å². The molecule has 2 rings (SSSR count). The molecule has 0 radical (unpaired) electrons. The standard InChI is InChI=1S/C8H12BrN3.ClH/c9-7-4-11-12(6-7)8-2-1-3-10-5-8;/h4,6,8,10H,1-3,5H2;1H/t8-;/m0./s1. The van der Waals surface area contributed by atoms with Crippen LogP contribution in [0.3, 0.4) is 0 Å². The van der Waals surface area contributed by atoms with Gasteiger partial charge < -0.3 is 5.32 Å². The van der Waals surface area contributed by atoms with E-state index in [1.807, 2.05) is 17.1 Å². The minimum absolute atomic E-state index is 0. The van der Waals surface area contributed by atoms with Gasteiger partial charge in [0.25, 0.3) is 0 Å². The fourth-order valence-electron chi connectivity index (χ4n) is 1.57. The number of hydrogen-bond donors (Lipinski definition) is 1. The summed E-state index contributed by atoms with van der Waals surface area (Å²) in [5.41, 5.74) is 0. The Hall–Kier alpha value is -0.0600. The van der Waals surface area contributed by atoms with Crippen LogP contribution in [0.5, 0.6) is 0 Å². The molecule has 1 aromatic rings. The van der Waals surface area contributed by atoms with E-state index >= 15 is 0 Å². The van der Waals surface area contributed by atoms with Gasteiger partial charge in [0.2, 0.25) is 0 Å². The maximum atomic E-state index is 4.27. The summed E-state index contributed by atoms with van der Waals surface area (Å²) in [7, 11) is 0. The second-order valence-corrected chi connectivity index (χ2v) is 4.05. The SMILES string of the molecule is Brc1cnn([C@H]2CCCNC2)c1.Cl. The van der Waals surface area contributed by atoms with Crippen LogP contribution in [0.1, 0.15) is 18.9 Å². The fraction of sp³-hybridized carbons (Fsp3) is 0.625. The normalized spacial score (nSPS) is 22.4. The van der Waals surface area contributed by atoms with Crippen LogP contribution in [0.4, 0.5) is 0 Å². The summed E-state index contributed by atoms with van der Waals surface area (Å²) < 4.78 is 3.10. The molecule has 0 spiro atoms. The van der Waals surface area contributed by atoms with Gasteiger partial charge in [0.15, 0.2) is 0 Å². The van der Waals surface area contributed by atoms with Crippen molar-refractivity contribution in [1.29, 1.82) is 0 Å². The fourth-order valence-corrected chi connectivity index (χ4v) is 1.88. The second kappa shape index (κ2) is 4.98. The van der Waals surface area contributed by atoms with E-state index in [2.05, 4.69) is 26.3 Å². The lowest BCUT2D eigenvalue weighted by Crippen LogP contribution is -2.31. The first-order chi connectivity index (χ1) is 5.86. The number of rotatable bonds is 1. The van der Waals surface area contributed by atoms with E-state index in [9.17, 15) is 0 Å². The highest BCUT2D eigenvalue weighted by molar-refractivity contribution is 9.10. The van der Waals surface area contributed by atoms with E-state index in [0.717, 1.165) is 17.6 Å². The number of halogens is 2. The molecule has 1 fully saturated rings. The van der Waals surface area contributed by atoms with Gasteiger partial charge in [-0.25, -0.2) is 0 Å². The number of aromatic nitrogens is 2. The predicted octanol–water partition coefficient (Wildman–Crippen LogP) is 1.99. The van der Waals surface area contributed by atoms with Crippen molar-refractivity contribution in [3.63, 3.8) is 0 Å². The summed E-state index contributed by atoms with van der Waals surface area (Å²) in [6.07, 6.45) is 6.37. The Morgan fingerprint density at radius 3 is 3.00 bits per heavy atom. The molecule has 0 bridgehead atoms. The van der Waals surface area contributed by atoms with E-state index in [-0.39, 0.29) is 12.4 Å². The molecule has 0 aliphatic carbocycles. The molecular weight excluding hydrogens is 253 g/mol. The molecule has 1 aromatic heterocycles. The molecule has 1 atom stereocenters. The van der Waals surface area contributed by atoms with Crippen molar-refractivity contribution in [2.75, 3.05) is 13.1 Å². The van der Waals surface area contributed by atoms with E-state index < -0.39 is 0 Å². The maximum Gasteiger partial charge on any atom is 0.0644 e. The van der Waals surface area contributed by atoms with Crippen molar-refractivity contribution in [2.45, 2.75) is 18.9 Å². The molecule has 1 aliphatic rings. The Morgan fingerprint density at radius 1 is 1.62 bits per heavy atom. The quantitative estimate of drug-likeness (QED) is 0.842. The summed E-state index contributed by atoms with van der Waals surface area (Å²) >= 11 is 3.40. The first-order valence-electron chi connectivity index (χ1n) is 4.26. The van der Waals surface area contributed by atoms with Gasteiger partial charge in [-0.15, -0.1) is 12.4 Å². The average molecular weight is 267 g/mol. The van der Waals surface area contributed by atoms with Crippen molar-refractivity contribution < 1.29 is 0 Å². The van der Waals surface area contributed by atoms with Gasteiger partial charge in [-0.05, 0) is 35.3 Å². The summed E-state index contributed by atoms with van der Waals surface area (Å²) in [6, 6.07) is 0.546.